The Morgan fingerprint density at radius 2 is 1.70 bits per heavy atom. The van der Waals surface area contributed by atoms with Crippen molar-refractivity contribution in [2.75, 3.05) is 13.1 Å². The van der Waals surface area contributed by atoms with Crippen molar-refractivity contribution >= 4 is 17.5 Å². The number of hydrogen-bond acceptors (Lipinski definition) is 5. The third-order valence-corrected chi connectivity index (χ3v) is 10.0. The van der Waals surface area contributed by atoms with Crippen molar-refractivity contribution in [1.82, 2.24) is 19.7 Å². The van der Waals surface area contributed by atoms with E-state index in [9.17, 15) is 4.79 Å². The molecule has 2 saturated carbocycles. The quantitative estimate of drug-likeness (QED) is 0.549. The molecule has 3 aliphatic rings. The lowest BCUT2D eigenvalue weighted by molar-refractivity contribution is -0.142. The monoisotopic (exact) mass is 526 g/mol. The Morgan fingerprint density at radius 1 is 1.03 bits per heavy atom. The Morgan fingerprint density at radius 3 is 2.32 bits per heavy atom. The van der Waals surface area contributed by atoms with Gasteiger partial charge in [0.1, 0.15) is 12.7 Å². The highest BCUT2D eigenvalue weighted by Gasteiger charge is 2.47. The molecule has 2 aromatic rings. The van der Waals surface area contributed by atoms with E-state index in [0.717, 1.165) is 63.7 Å². The molecule has 2 aliphatic carbocycles. The van der Waals surface area contributed by atoms with Crippen LogP contribution in [-0.4, -0.2) is 50.2 Å². The summed E-state index contributed by atoms with van der Waals surface area (Å²) < 4.78 is 2.01. The number of amides is 1. The number of hydrogen-bond donors (Lipinski definition) is 2. The van der Waals surface area contributed by atoms with Gasteiger partial charge in [0.25, 0.3) is 0 Å². The SMILES string of the molecule is NC1CCC(N)([C@@H](Cc2ccc(Cl)cc2)C(=O)N2CCC(Cn3cncn3)(C3CCCCC3)CC2)CC1. The van der Waals surface area contributed by atoms with Gasteiger partial charge in [-0.3, -0.25) is 9.48 Å². The number of benzene rings is 1. The molecule has 0 radical (unpaired) electrons. The molecule has 2 heterocycles. The lowest BCUT2D eigenvalue weighted by Gasteiger charge is -2.49. The summed E-state index contributed by atoms with van der Waals surface area (Å²) in [7, 11) is 0. The number of nitrogens with zero attached hydrogens (tertiary/aromatic N) is 4. The number of piperidine rings is 1. The second-order valence-electron chi connectivity index (χ2n) is 12.1. The van der Waals surface area contributed by atoms with E-state index in [2.05, 4.69) is 15.0 Å². The second kappa shape index (κ2) is 11.4. The van der Waals surface area contributed by atoms with Crippen LogP contribution in [0.25, 0.3) is 0 Å². The Bertz CT molecular complexity index is 1000. The third-order valence-electron chi connectivity index (χ3n) is 9.79. The highest BCUT2D eigenvalue weighted by atomic mass is 35.5. The molecule has 1 amide bonds. The van der Waals surface area contributed by atoms with Crippen molar-refractivity contribution in [3.05, 3.63) is 47.5 Å². The predicted octanol–water partition coefficient (Wildman–Crippen LogP) is 4.58. The first kappa shape index (κ1) is 26.6. The first-order valence-electron chi connectivity index (χ1n) is 14.3. The van der Waals surface area contributed by atoms with Gasteiger partial charge in [-0.25, -0.2) is 4.98 Å². The predicted molar refractivity (Wildman–Crippen MR) is 147 cm³/mol. The van der Waals surface area contributed by atoms with Gasteiger partial charge in [-0.2, -0.15) is 5.10 Å². The summed E-state index contributed by atoms with van der Waals surface area (Å²) in [4.78, 5) is 20.5. The molecule has 4 N–H and O–H groups in total. The molecule has 7 nitrogen and oxygen atoms in total. The van der Waals surface area contributed by atoms with Gasteiger partial charge in [0, 0.05) is 36.2 Å². The molecule has 37 heavy (non-hydrogen) atoms. The van der Waals surface area contributed by atoms with Crippen LogP contribution in [0.4, 0.5) is 0 Å². The van der Waals surface area contributed by atoms with Crippen LogP contribution >= 0.6 is 11.6 Å². The van der Waals surface area contributed by atoms with E-state index in [0.29, 0.717) is 17.4 Å². The molecule has 0 unspecified atom stereocenters. The van der Waals surface area contributed by atoms with Gasteiger partial charge in [0.05, 0.1) is 5.92 Å². The van der Waals surface area contributed by atoms with Crippen LogP contribution in [0.2, 0.25) is 5.02 Å². The van der Waals surface area contributed by atoms with E-state index < -0.39 is 5.54 Å². The van der Waals surface area contributed by atoms with Crippen LogP contribution in [0, 0.1) is 17.3 Å². The summed E-state index contributed by atoms with van der Waals surface area (Å²) in [6, 6.07) is 8.06. The Hall–Kier alpha value is -1.96. The number of halogens is 1. The Labute approximate surface area is 226 Å². The van der Waals surface area contributed by atoms with Gasteiger partial charge in [-0.05, 0) is 86.8 Å². The summed E-state index contributed by atoms with van der Waals surface area (Å²) in [5, 5.41) is 5.16. The van der Waals surface area contributed by atoms with Crippen molar-refractivity contribution < 1.29 is 4.79 Å². The van der Waals surface area contributed by atoms with Crippen molar-refractivity contribution in [2.45, 2.75) is 95.2 Å². The molecule has 0 bridgehead atoms. The maximum absolute atomic E-state index is 14.2. The molecular formula is C29H43ClN6O. The molecule has 1 atom stereocenters. The van der Waals surface area contributed by atoms with Crippen molar-refractivity contribution in [2.24, 2.45) is 28.7 Å². The van der Waals surface area contributed by atoms with E-state index in [1.807, 2.05) is 35.3 Å². The molecule has 1 aromatic heterocycles. The van der Waals surface area contributed by atoms with Crippen molar-refractivity contribution in [1.29, 1.82) is 0 Å². The fourth-order valence-electron chi connectivity index (χ4n) is 7.36. The molecule has 3 fully saturated rings. The van der Waals surface area contributed by atoms with E-state index >= 15 is 0 Å². The van der Waals surface area contributed by atoms with Crippen LogP contribution < -0.4 is 11.5 Å². The van der Waals surface area contributed by atoms with Gasteiger partial charge in [0.15, 0.2) is 0 Å². The lowest BCUT2D eigenvalue weighted by atomic mass is 9.63. The first-order chi connectivity index (χ1) is 17.9. The number of likely N-dealkylation sites (tertiary alicyclic amines) is 1. The summed E-state index contributed by atoms with van der Waals surface area (Å²) >= 11 is 6.14. The van der Waals surface area contributed by atoms with E-state index in [1.165, 1.54) is 32.1 Å². The minimum atomic E-state index is -0.523. The molecular weight excluding hydrogens is 484 g/mol. The fraction of sp³-hybridized carbons (Fsp3) is 0.690. The van der Waals surface area contributed by atoms with Crippen LogP contribution in [0.3, 0.4) is 0 Å². The zero-order valence-electron chi connectivity index (χ0n) is 22.0. The minimum absolute atomic E-state index is 0.175. The van der Waals surface area contributed by atoms with Gasteiger partial charge in [-0.15, -0.1) is 0 Å². The summed E-state index contributed by atoms with van der Waals surface area (Å²) in [6.07, 6.45) is 16.0. The lowest BCUT2D eigenvalue weighted by Crippen LogP contribution is -2.59. The largest absolute Gasteiger partial charge is 0.342 e. The van der Waals surface area contributed by atoms with Crippen molar-refractivity contribution in [3.63, 3.8) is 0 Å². The maximum Gasteiger partial charge on any atom is 0.227 e. The van der Waals surface area contributed by atoms with Gasteiger partial charge >= 0.3 is 0 Å². The number of carbonyl (C=O) groups is 1. The van der Waals surface area contributed by atoms with Gasteiger partial charge < -0.3 is 16.4 Å². The van der Waals surface area contributed by atoms with E-state index in [1.54, 1.807) is 6.33 Å². The number of carbonyl (C=O) groups excluding carboxylic acids is 1. The molecule has 1 aliphatic heterocycles. The fourth-order valence-corrected chi connectivity index (χ4v) is 7.48. The number of nitrogens with two attached hydrogens (primary N) is 2. The third kappa shape index (κ3) is 6.04. The Balaban J connectivity index is 1.34. The molecule has 1 saturated heterocycles. The Kier molecular flexibility index (Phi) is 8.22. The number of rotatable bonds is 7. The summed E-state index contributed by atoms with van der Waals surface area (Å²) in [5.41, 5.74) is 14.1. The second-order valence-corrected chi connectivity index (χ2v) is 12.5. The van der Waals surface area contributed by atoms with Crippen LogP contribution in [-0.2, 0) is 17.8 Å². The average Bonchev–Trinajstić information content (AvgIpc) is 3.43. The molecule has 202 valence electrons. The van der Waals surface area contributed by atoms with Gasteiger partial charge in [0.2, 0.25) is 5.91 Å². The molecule has 1 aromatic carbocycles. The highest BCUT2D eigenvalue weighted by molar-refractivity contribution is 6.30. The zero-order valence-corrected chi connectivity index (χ0v) is 22.8. The first-order valence-corrected chi connectivity index (χ1v) is 14.6. The maximum atomic E-state index is 14.2. The van der Waals surface area contributed by atoms with E-state index in [4.69, 9.17) is 23.1 Å². The minimum Gasteiger partial charge on any atom is -0.342 e. The van der Waals surface area contributed by atoms with Crippen LogP contribution in [0.5, 0.6) is 0 Å². The zero-order chi connectivity index (χ0) is 25.9. The molecule has 0 spiro atoms. The summed E-state index contributed by atoms with van der Waals surface area (Å²) in [6.45, 7) is 2.47. The van der Waals surface area contributed by atoms with Gasteiger partial charge in [-0.1, -0.05) is 43.0 Å². The van der Waals surface area contributed by atoms with E-state index in [-0.39, 0.29) is 23.3 Å². The van der Waals surface area contributed by atoms with Crippen LogP contribution in [0.1, 0.15) is 76.2 Å². The molecule has 5 rings (SSSR count). The normalized spacial score (nSPS) is 27.6. The average molecular weight is 527 g/mol. The summed E-state index contributed by atoms with van der Waals surface area (Å²) in [5.74, 6) is 0.651. The standard InChI is InChI=1S/C29H43ClN6O/c30-24-8-6-22(7-9-24)18-26(29(32)12-10-25(31)11-13-29)27(37)35-16-14-28(15-17-35,19-36-21-33-20-34-36)23-4-2-1-3-5-23/h6-9,20-21,23,25-26H,1-5,10-19,31-32H2/t25?,26-,29?/m0/s1. The topological polar surface area (TPSA) is 103 Å². The smallest absolute Gasteiger partial charge is 0.227 e. The van der Waals surface area contributed by atoms with Crippen molar-refractivity contribution in [3.8, 4) is 0 Å². The highest BCUT2D eigenvalue weighted by Crippen LogP contribution is 2.47. The number of aromatic nitrogens is 3. The van der Waals surface area contributed by atoms with Crippen LogP contribution in [0.15, 0.2) is 36.9 Å². The molecule has 8 heteroatoms.